The number of hydrogen-bond acceptors (Lipinski definition) is 5. The smallest absolute Gasteiger partial charge is 0.384 e. The normalized spacial score (nSPS) is 11.4. The van der Waals surface area contributed by atoms with Gasteiger partial charge in [-0.25, -0.2) is 4.79 Å². The molecular formula is C12H8O5. The van der Waals surface area contributed by atoms with Crippen LogP contribution in [0.15, 0.2) is 18.2 Å². The first kappa shape index (κ1) is 11.0. The zero-order valence-electron chi connectivity index (χ0n) is 8.98. The van der Waals surface area contributed by atoms with Crippen molar-refractivity contribution in [3.8, 4) is 23.3 Å². The quantitative estimate of drug-likeness (QED) is 0.235. The Morgan fingerprint density at radius 1 is 1.24 bits per heavy atom. The van der Waals surface area contributed by atoms with Crippen LogP contribution in [0.5, 0.6) is 11.5 Å². The molecule has 0 fully saturated rings. The van der Waals surface area contributed by atoms with E-state index in [1.54, 1.807) is 12.1 Å². The average Bonchev–Trinajstić information content (AvgIpc) is 2.82. The van der Waals surface area contributed by atoms with Crippen LogP contribution < -0.4 is 9.47 Å². The van der Waals surface area contributed by atoms with Crippen molar-refractivity contribution in [1.29, 1.82) is 0 Å². The van der Waals surface area contributed by atoms with Crippen molar-refractivity contribution in [1.82, 2.24) is 0 Å². The number of carbonyl (C=O) groups excluding carboxylic acids is 2. The SMILES string of the molecule is COC(=O)C#CC(=O)c1ccc2c(c1)OCO2. The number of rotatable bonds is 1. The number of esters is 1. The van der Waals surface area contributed by atoms with E-state index in [0.29, 0.717) is 17.1 Å². The summed E-state index contributed by atoms with van der Waals surface area (Å²) < 4.78 is 14.5. The van der Waals surface area contributed by atoms with Gasteiger partial charge in [-0.15, -0.1) is 0 Å². The molecule has 1 aromatic carbocycles. The molecule has 0 N–H and O–H groups in total. The van der Waals surface area contributed by atoms with Crippen molar-refractivity contribution in [2.45, 2.75) is 0 Å². The van der Waals surface area contributed by atoms with Gasteiger partial charge < -0.3 is 14.2 Å². The first-order chi connectivity index (χ1) is 8.20. The summed E-state index contributed by atoms with van der Waals surface area (Å²) in [5.41, 5.74) is 0.339. The van der Waals surface area contributed by atoms with Gasteiger partial charge in [0.1, 0.15) is 0 Å². The maximum absolute atomic E-state index is 11.6. The lowest BCUT2D eigenvalue weighted by molar-refractivity contribution is -0.133. The molecule has 0 unspecified atom stereocenters. The molecule has 5 nitrogen and oxygen atoms in total. The van der Waals surface area contributed by atoms with E-state index >= 15 is 0 Å². The fourth-order valence-corrected chi connectivity index (χ4v) is 1.27. The van der Waals surface area contributed by atoms with Gasteiger partial charge in [-0.3, -0.25) is 4.79 Å². The Labute approximate surface area is 97.3 Å². The first-order valence-corrected chi connectivity index (χ1v) is 4.74. The Hall–Kier alpha value is -2.48. The summed E-state index contributed by atoms with van der Waals surface area (Å²) in [6.07, 6.45) is 0. The molecule has 0 aliphatic carbocycles. The Morgan fingerprint density at radius 2 is 2.00 bits per heavy atom. The van der Waals surface area contributed by atoms with Crippen LogP contribution in [-0.2, 0) is 9.53 Å². The van der Waals surface area contributed by atoms with Gasteiger partial charge in [0.05, 0.1) is 7.11 Å². The number of ether oxygens (including phenoxy) is 3. The zero-order valence-corrected chi connectivity index (χ0v) is 8.98. The van der Waals surface area contributed by atoms with Gasteiger partial charge in [0.15, 0.2) is 11.5 Å². The highest BCUT2D eigenvalue weighted by molar-refractivity contribution is 6.12. The van der Waals surface area contributed by atoms with E-state index in [1.165, 1.54) is 13.2 Å². The highest BCUT2D eigenvalue weighted by Gasteiger charge is 2.15. The zero-order chi connectivity index (χ0) is 12.3. The Bertz CT molecular complexity index is 536. The van der Waals surface area contributed by atoms with Crippen LogP contribution in [0.1, 0.15) is 10.4 Å². The molecule has 5 heteroatoms. The number of carbonyl (C=O) groups is 2. The molecule has 2 rings (SSSR count). The molecule has 1 aliphatic rings. The molecule has 0 spiro atoms. The largest absolute Gasteiger partial charge is 0.459 e. The van der Waals surface area contributed by atoms with Crippen molar-refractivity contribution in [3.05, 3.63) is 23.8 Å². The van der Waals surface area contributed by atoms with Gasteiger partial charge in [-0.05, 0) is 24.1 Å². The molecule has 0 saturated carbocycles. The van der Waals surface area contributed by atoms with Crippen LogP contribution in [0, 0.1) is 11.8 Å². The van der Waals surface area contributed by atoms with Crippen molar-refractivity contribution in [3.63, 3.8) is 0 Å². The van der Waals surface area contributed by atoms with E-state index in [2.05, 4.69) is 16.6 Å². The molecule has 17 heavy (non-hydrogen) atoms. The van der Waals surface area contributed by atoms with Crippen LogP contribution in [0.25, 0.3) is 0 Å². The van der Waals surface area contributed by atoms with E-state index in [-0.39, 0.29) is 6.79 Å². The molecular weight excluding hydrogens is 224 g/mol. The van der Waals surface area contributed by atoms with Crippen molar-refractivity contribution >= 4 is 11.8 Å². The summed E-state index contributed by atoms with van der Waals surface area (Å²) in [6, 6.07) is 4.70. The molecule has 0 saturated heterocycles. The lowest BCUT2D eigenvalue weighted by Crippen LogP contribution is -1.99. The van der Waals surface area contributed by atoms with Crippen LogP contribution in [0.4, 0.5) is 0 Å². The molecule has 0 amide bonds. The predicted molar refractivity (Wildman–Crippen MR) is 56.7 cm³/mol. The van der Waals surface area contributed by atoms with Crippen LogP contribution in [0.2, 0.25) is 0 Å². The van der Waals surface area contributed by atoms with Gasteiger partial charge in [-0.2, -0.15) is 0 Å². The maximum atomic E-state index is 11.6. The summed E-state index contributed by atoms with van der Waals surface area (Å²) in [5.74, 6) is 4.10. The number of hydrogen-bond donors (Lipinski definition) is 0. The molecule has 1 aromatic rings. The standard InChI is InChI=1S/C12H8O5/c1-15-12(14)5-3-9(13)8-2-4-10-11(6-8)17-7-16-10/h2,4,6H,7H2,1H3. The Kier molecular flexibility index (Phi) is 2.97. The molecule has 86 valence electrons. The van der Waals surface area contributed by atoms with Crippen LogP contribution >= 0.6 is 0 Å². The lowest BCUT2D eigenvalue weighted by atomic mass is 10.1. The second kappa shape index (κ2) is 4.58. The third-order valence-electron chi connectivity index (χ3n) is 2.10. The molecule has 0 aromatic heterocycles. The van der Waals surface area contributed by atoms with Crippen molar-refractivity contribution < 1.29 is 23.8 Å². The summed E-state index contributed by atoms with van der Waals surface area (Å²) in [5, 5.41) is 0. The van der Waals surface area contributed by atoms with Crippen molar-refractivity contribution in [2.24, 2.45) is 0 Å². The van der Waals surface area contributed by atoms with Crippen molar-refractivity contribution in [2.75, 3.05) is 13.9 Å². The molecule has 0 bridgehead atoms. The summed E-state index contributed by atoms with van der Waals surface area (Å²) in [4.78, 5) is 22.3. The minimum Gasteiger partial charge on any atom is -0.459 e. The van der Waals surface area contributed by atoms with E-state index in [9.17, 15) is 9.59 Å². The molecule has 0 atom stereocenters. The van der Waals surface area contributed by atoms with Gasteiger partial charge in [0.2, 0.25) is 12.6 Å². The number of methoxy groups -OCH3 is 1. The van der Waals surface area contributed by atoms with E-state index in [1.807, 2.05) is 0 Å². The van der Waals surface area contributed by atoms with E-state index in [0.717, 1.165) is 0 Å². The first-order valence-electron chi connectivity index (χ1n) is 4.74. The molecule has 0 radical (unpaired) electrons. The topological polar surface area (TPSA) is 61.8 Å². The minimum atomic E-state index is -0.751. The van der Waals surface area contributed by atoms with Gasteiger partial charge >= 0.3 is 5.97 Å². The molecule has 1 aliphatic heterocycles. The summed E-state index contributed by atoms with van der Waals surface area (Å²) in [6.45, 7) is 0.140. The minimum absolute atomic E-state index is 0.140. The van der Waals surface area contributed by atoms with Gasteiger partial charge in [-0.1, -0.05) is 0 Å². The lowest BCUT2D eigenvalue weighted by Gasteiger charge is -1.97. The second-order valence-corrected chi connectivity index (χ2v) is 3.14. The number of benzene rings is 1. The van der Waals surface area contributed by atoms with Gasteiger partial charge in [0.25, 0.3) is 0 Å². The third kappa shape index (κ3) is 2.37. The fourth-order valence-electron chi connectivity index (χ4n) is 1.27. The highest BCUT2D eigenvalue weighted by Crippen LogP contribution is 2.32. The maximum Gasteiger partial charge on any atom is 0.384 e. The second-order valence-electron chi connectivity index (χ2n) is 3.14. The third-order valence-corrected chi connectivity index (χ3v) is 2.10. The monoisotopic (exact) mass is 232 g/mol. The number of fused-ring (bicyclic) bond motifs is 1. The number of ketones is 1. The summed E-state index contributed by atoms with van der Waals surface area (Å²) in [7, 11) is 1.20. The Balaban J connectivity index is 2.19. The van der Waals surface area contributed by atoms with Gasteiger partial charge in [0, 0.05) is 11.5 Å². The van der Waals surface area contributed by atoms with Crippen LogP contribution in [-0.4, -0.2) is 25.7 Å². The fraction of sp³-hybridized carbons (Fsp3) is 0.167. The van der Waals surface area contributed by atoms with Crippen LogP contribution in [0.3, 0.4) is 0 Å². The molecule has 1 heterocycles. The Morgan fingerprint density at radius 3 is 2.76 bits per heavy atom. The van der Waals surface area contributed by atoms with E-state index in [4.69, 9.17) is 9.47 Å². The average molecular weight is 232 g/mol. The van der Waals surface area contributed by atoms with E-state index < -0.39 is 11.8 Å². The highest BCUT2D eigenvalue weighted by atomic mass is 16.7. The number of Topliss-reactive ketones (excluding diaryl/α,β-unsaturated/α-hetero) is 1. The predicted octanol–water partition coefficient (Wildman–Crippen LogP) is 0.774. The summed E-state index contributed by atoms with van der Waals surface area (Å²) >= 11 is 0.